The van der Waals surface area contributed by atoms with E-state index in [-0.39, 0.29) is 28.0 Å². The zero-order valence-electron chi connectivity index (χ0n) is 40.5. The number of hydrogen-bond acceptors (Lipinski definition) is 16. The third kappa shape index (κ3) is 7.44. The van der Waals surface area contributed by atoms with Crippen LogP contribution >= 0.6 is 0 Å². The summed E-state index contributed by atoms with van der Waals surface area (Å²) < 4.78 is 70.4. The van der Waals surface area contributed by atoms with Crippen molar-refractivity contribution in [2.45, 2.75) is 108 Å². The summed E-state index contributed by atoms with van der Waals surface area (Å²) in [4.78, 5) is 84.3. The summed E-state index contributed by atoms with van der Waals surface area (Å²) in [5.41, 5.74) is -10.2. The molecule has 17 nitrogen and oxygen atoms in total. The highest BCUT2D eigenvalue weighted by atomic mass is 16.6. The molecular weight excluding hydrogens is 835 g/mol. The monoisotopic (exact) mass is 890 g/mol. The van der Waals surface area contributed by atoms with Crippen LogP contribution in [-0.4, -0.2) is 122 Å². The normalized spacial score (nSPS) is 33.5. The molecule has 3 aromatic rings. The Hall–Kier alpha value is -5.98. The Labute approximate surface area is 374 Å². The molecule has 0 radical (unpaired) electrons. The summed E-state index contributed by atoms with van der Waals surface area (Å²) >= 11 is 0. The summed E-state index contributed by atoms with van der Waals surface area (Å²) in [7, 11) is 0. The van der Waals surface area contributed by atoms with Gasteiger partial charge in [-0.3, -0.25) is 19.2 Å². The lowest BCUT2D eigenvalue weighted by molar-refractivity contribution is -0.369. The van der Waals surface area contributed by atoms with Crippen molar-refractivity contribution in [3.05, 3.63) is 113 Å². The van der Waals surface area contributed by atoms with Gasteiger partial charge in [0.1, 0.15) is 35.8 Å². The molecule has 1 saturated heterocycles. The Balaban J connectivity index is 1.40. The molecule has 6 N–H and O–H groups in total. The van der Waals surface area contributed by atoms with Crippen LogP contribution in [0.3, 0.4) is 0 Å². The number of phenolic OH excluding ortho intramolecular Hbond substituents is 1. The molecule has 64 heavy (non-hydrogen) atoms. The number of ketones is 1. The van der Waals surface area contributed by atoms with Crippen molar-refractivity contribution in [2.75, 3.05) is 6.61 Å². The van der Waals surface area contributed by atoms with E-state index >= 15 is 4.79 Å². The lowest BCUT2D eigenvalue weighted by Crippen LogP contribution is -2.85. The number of aliphatic hydroxyl groups excluding tert-OH is 3. The highest BCUT2D eigenvalue weighted by Crippen LogP contribution is 2.64. The van der Waals surface area contributed by atoms with Crippen LogP contribution in [0.4, 0.5) is 0 Å². The van der Waals surface area contributed by atoms with Crippen molar-refractivity contribution in [2.24, 2.45) is 16.7 Å². The van der Waals surface area contributed by atoms with E-state index < -0.39 is 161 Å². The lowest BCUT2D eigenvalue weighted by atomic mass is 9.44. The van der Waals surface area contributed by atoms with E-state index in [0.717, 1.165) is 26.0 Å². The minimum absolute atomic E-state index is 0.0326. The van der Waals surface area contributed by atoms with Gasteiger partial charge in [-0.1, -0.05) is 62.3 Å². The first kappa shape index (κ1) is 39.6. The molecule has 1 aliphatic heterocycles. The number of benzene rings is 3. The first-order valence-electron chi connectivity index (χ1n) is 22.8. The maximum absolute atomic E-state index is 15.6. The molecule has 1 amide bonds. The van der Waals surface area contributed by atoms with Crippen LogP contribution in [0.25, 0.3) is 0 Å². The van der Waals surface area contributed by atoms with Crippen LogP contribution in [0.15, 0.2) is 96.0 Å². The largest absolute Gasteiger partial charge is 0.508 e. The number of Topliss-reactive ketones (excluding diaryl/α,β-unsaturated/α-hetero) is 1. The van der Waals surface area contributed by atoms with Crippen molar-refractivity contribution in [3.63, 3.8) is 0 Å². The molecule has 0 spiro atoms. The van der Waals surface area contributed by atoms with Gasteiger partial charge in [0, 0.05) is 31.2 Å². The van der Waals surface area contributed by atoms with Crippen molar-refractivity contribution in [3.8, 4) is 5.75 Å². The van der Waals surface area contributed by atoms with Crippen molar-refractivity contribution < 1.29 is 84.8 Å². The van der Waals surface area contributed by atoms with Gasteiger partial charge < -0.3 is 54.5 Å². The van der Waals surface area contributed by atoms with E-state index in [9.17, 15) is 49.5 Å². The standard InChI is InChI=1S/C47H51NO16/c1-23-30(62-43(58)33(52)32(26-17-19-29(51)20-18-26)48-41(56)27-13-9-7-10-14-27)21-47(59)40(63-42(57)28-15-11-8-12-16-28)36-45(6,38(55)35(61-24(2)49)31(23)44(47,4)5)37(54)34(53)39-46(36,22-60-39)64-25(3)50/h7-20,30,32-37,39-40,51-54,59H,21-22H2,1-6H3,(H,48,56)/t30-,32-,33+,34+,35+,36-,37-,39+,40+,45-,46?,47+/m0/s1/i7D,9D,10D,13D,14D. The molecule has 2 bridgehead atoms. The summed E-state index contributed by atoms with van der Waals surface area (Å²) in [5, 5.41) is 61.7. The van der Waals surface area contributed by atoms with Gasteiger partial charge in [0.25, 0.3) is 5.91 Å². The number of aliphatic hydroxyl groups is 4. The molecule has 12 atom stereocenters. The third-order valence-corrected chi connectivity index (χ3v) is 13.3. The molecule has 1 unspecified atom stereocenters. The average Bonchev–Trinajstić information content (AvgIpc) is 3.28. The highest BCUT2D eigenvalue weighted by Gasteiger charge is 2.80. The van der Waals surface area contributed by atoms with E-state index in [0.29, 0.717) is 0 Å². The number of rotatable bonds is 10. The topological polar surface area (TPSA) is 262 Å². The predicted molar refractivity (Wildman–Crippen MR) is 221 cm³/mol. The SMILES string of the molecule is [2H]c1c([2H])c([2H])c(C(=O)N[C@@H](c2ccc(O)cc2)[C@@H](O)C(=O)O[C@H]2C[C@@]3(O)[C@H](OC(=O)c4ccccc4)[C@@H]4C5(OC(C)=O)CO[C@@H]5[C@H](O)[C@H](O)[C@@]4(C)C(=O)[C@H](OC(C)=O)C(=C2C)C3(C)C)c([2H])c1[2H]. The van der Waals surface area contributed by atoms with E-state index in [1.807, 2.05) is 0 Å². The smallest absolute Gasteiger partial charge is 0.338 e. The van der Waals surface area contributed by atoms with Gasteiger partial charge in [-0.25, -0.2) is 9.59 Å². The summed E-state index contributed by atoms with van der Waals surface area (Å²) in [6, 6.07) is 6.02. The Morgan fingerprint density at radius 1 is 0.891 bits per heavy atom. The Morgan fingerprint density at radius 3 is 2.11 bits per heavy atom. The van der Waals surface area contributed by atoms with E-state index in [4.69, 9.17) is 30.5 Å². The molecule has 7 rings (SSSR count). The van der Waals surface area contributed by atoms with Gasteiger partial charge in [-0.2, -0.15) is 0 Å². The number of carbonyl (C=O) groups is 6. The molecule has 0 aromatic heterocycles. The van der Waals surface area contributed by atoms with Crippen molar-refractivity contribution >= 4 is 35.6 Å². The number of amides is 1. The minimum atomic E-state index is -2.62. The number of ether oxygens (including phenoxy) is 5. The Kier molecular flexibility index (Phi) is 10.4. The maximum Gasteiger partial charge on any atom is 0.338 e. The van der Waals surface area contributed by atoms with Crippen LogP contribution in [0.2, 0.25) is 0 Å². The van der Waals surface area contributed by atoms with Gasteiger partial charge in [0.05, 0.1) is 42.5 Å². The Bertz CT molecular complexity index is 2640. The number of carbonyl (C=O) groups excluding carboxylic acids is 6. The van der Waals surface area contributed by atoms with Crippen LogP contribution in [0.1, 0.15) is 87.1 Å². The molecule has 3 aliphatic carbocycles. The van der Waals surface area contributed by atoms with E-state index in [1.54, 1.807) is 6.07 Å². The lowest BCUT2D eigenvalue weighted by Gasteiger charge is -2.68. The predicted octanol–water partition coefficient (Wildman–Crippen LogP) is 2.41. The van der Waals surface area contributed by atoms with Crippen molar-refractivity contribution in [1.29, 1.82) is 0 Å². The van der Waals surface area contributed by atoms with Gasteiger partial charge in [0.15, 0.2) is 23.6 Å². The second-order valence-electron chi connectivity index (χ2n) is 17.3. The number of hydrogen-bond donors (Lipinski definition) is 6. The second-order valence-corrected chi connectivity index (χ2v) is 17.3. The molecule has 1 heterocycles. The van der Waals surface area contributed by atoms with Crippen LogP contribution in [0.5, 0.6) is 5.75 Å². The summed E-state index contributed by atoms with van der Waals surface area (Å²) in [5.74, 6) is -9.10. The van der Waals surface area contributed by atoms with E-state index in [1.165, 1.54) is 64.1 Å². The quantitative estimate of drug-likeness (QED) is 0.0970. The zero-order chi connectivity index (χ0) is 51.0. The highest BCUT2D eigenvalue weighted by molar-refractivity contribution is 5.96. The minimum Gasteiger partial charge on any atom is -0.508 e. The summed E-state index contributed by atoms with van der Waals surface area (Å²) in [6.45, 7) is 6.89. The fourth-order valence-corrected chi connectivity index (χ4v) is 10.1. The number of phenols is 1. The number of esters is 4. The molecule has 17 heteroatoms. The van der Waals surface area contributed by atoms with Gasteiger partial charge in [-0.05, 0) is 66.9 Å². The van der Waals surface area contributed by atoms with Crippen molar-refractivity contribution in [1.82, 2.24) is 5.32 Å². The fourth-order valence-electron chi connectivity index (χ4n) is 10.1. The maximum atomic E-state index is 15.6. The molecule has 3 fully saturated rings. The van der Waals surface area contributed by atoms with E-state index in [2.05, 4.69) is 5.32 Å². The second kappa shape index (κ2) is 16.9. The Morgan fingerprint density at radius 2 is 1.53 bits per heavy atom. The average molecular weight is 891 g/mol. The zero-order valence-corrected chi connectivity index (χ0v) is 35.5. The number of nitrogens with one attached hydrogen (secondary N) is 1. The molecule has 3 aromatic carbocycles. The van der Waals surface area contributed by atoms with Gasteiger partial charge in [0.2, 0.25) is 0 Å². The molecular formula is C47H51NO16. The van der Waals surface area contributed by atoms with Crippen LogP contribution < -0.4 is 5.32 Å². The fraction of sp³-hybridized carbons (Fsp3) is 0.447. The summed E-state index contributed by atoms with van der Waals surface area (Å²) in [6.07, 6.45) is -14.7. The molecule has 2 saturated carbocycles. The first-order valence-corrected chi connectivity index (χ1v) is 20.3. The van der Waals surface area contributed by atoms with Crippen LogP contribution in [-0.2, 0) is 42.9 Å². The first-order chi connectivity index (χ1) is 32.2. The van der Waals surface area contributed by atoms with Gasteiger partial charge >= 0.3 is 23.9 Å². The third-order valence-electron chi connectivity index (χ3n) is 13.3. The molecule has 4 aliphatic rings. The van der Waals surface area contributed by atoms with Gasteiger partial charge in [-0.15, -0.1) is 0 Å². The van der Waals surface area contributed by atoms with Crippen LogP contribution in [0, 0.1) is 16.7 Å². The number of fused-ring (bicyclic) bond motifs is 5. The number of aromatic hydroxyl groups is 1. The molecule has 340 valence electrons.